The number of carbonyl (C=O) groups is 1. The molecule has 0 aliphatic carbocycles. The number of nitrogens with one attached hydrogen (secondary N) is 1. The third-order valence-corrected chi connectivity index (χ3v) is 6.16. The van der Waals surface area contributed by atoms with E-state index < -0.39 is 9.84 Å². The molecule has 0 aliphatic heterocycles. The predicted octanol–water partition coefficient (Wildman–Crippen LogP) is 2.75. The van der Waals surface area contributed by atoms with E-state index in [1.807, 2.05) is 32.0 Å². The monoisotopic (exact) mass is 397 g/mol. The molecule has 0 unspecified atom stereocenters. The van der Waals surface area contributed by atoms with Crippen LogP contribution in [0.15, 0.2) is 30.3 Å². The van der Waals surface area contributed by atoms with Gasteiger partial charge in [-0.1, -0.05) is 44.2 Å². The first kappa shape index (κ1) is 23.4. The Bertz CT molecular complexity index is 644. The average molecular weight is 398 g/mol. The zero-order chi connectivity index (χ0) is 20.3. The van der Waals surface area contributed by atoms with Gasteiger partial charge in [-0.05, 0) is 45.5 Å². The highest BCUT2D eigenvalue weighted by Gasteiger charge is 2.20. The van der Waals surface area contributed by atoms with E-state index in [1.165, 1.54) is 0 Å². The van der Waals surface area contributed by atoms with Crippen molar-refractivity contribution in [2.24, 2.45) is 0 Å². The van der Waals surface area contributed by atoms with E-state index in [9.17, 15) is 13.2 Å². The summed E-state index contributed by atoms with van der Waals surface area (Å²) in [6.45, 7) is 11.8. The van der Waals surface area contributed by atoms with Gasteiger partial charge in [-0.2, -0.15) is 0 Å². The quantitative estimate of drug-likeness (QED) is 0.551. The van der Waals surface area contributed by atoms with Gasteiger partial charge in [-0.3, -0.25) is 0 Å². The molecule has 1 aromatic rings. The summed E-state index contributed by atoms with van der Waals surface area (Å²) in [5.74, 6) is -0.0296. The van der Waals surface area contributed by atoms with Crippen LogP contribution in [0.4, 0.5) is 4.79 Å². The maximum atomic E-state index is 12.5. The van der Waals surface area contributed by atoms with Crippen LogP contribution >= 0.6 is 0 Å². The van der Waals surface area contributed by atoms with E-state index in [4.69, 9.17) is 0 Å². The van der Waals surface area contributed by atoms with Crippen LogP contribution in [0.1, 0.15) is 39.7 Å². The molecule has 0 bridgehead atoms. The summed E-state index contributed by atoms with van der Waals surface area (Å²) in [5, 5.41) is 2.92. The Labute approximate surface area is 164 Å². The van der Waals surface area contributed by atoms with Gasteiger partial charge >= 0.3 is 6.03 Å². The first-order valence-corrected chi connectivity index (χ1v) is 11.6. The fraction of sp³-hybridized carbons (Fsp3) is 0.650. The maximum Gasteiger partial charge on any atom is 0.317 e. The van der Waals surface area contributed by atoms with Gasteiger partial charge in [-0.15, -0.1) is 0 Å². The number of amides is 2. The normalized spacial score (nSPS) is 11.8. The van der Waals surface area contributed by atoms with Gasteiger partial charge in [-0.25, -0.2) is 13.2 Å². The fourth-order valence-electron chi connectivity index (χ4n) is 2.87. The molecule has 0 heterocycles. The second-order valence-corrected chi connectivity index (χ2v) is 9.16. The molecule has 0 fully saturated rings. The van der Waals surface area contributed by atoms with E-state index in [1.54, 1.807) is 17.0 Å². The molecule has 0 atom stereocenters. The van der Waals surface area contributed by atoms with Crippen LogP contribution in [0.2, 0.25) is 0 Å². The summed E-state index contributed by atoms with van der Waals surface area (Å²) < 4.78 is 24.8. The van der Waals surface area contributed by atoms with Crippen molar-refractivity contribution in [2.45, 2.75) is 45.9 Å². The van der Waals surface area contributed by atoms with Crippen LogP contribution in [0.3, 0.4) is 0 Å². The van der Waals surface area contributed by atoms with Crippen molar-refractivity contribution in [2.75, 3.05) is 38.5 Å². The Morgan fingerprint density at radius 2 is 1.70 bits per heavy atom. The van der Waals surface area contributed by atoms with Crippen molar-refractivity contribution >= 4 is 15.9 Å². The third-order valence-electron chi connectivity index (χ3n) is 4.58. The highest BCUT2D eigenvalue weighted by Crippen LogP contribution is 2.08. The van der Waals surface area contributed by atoms with Gasteiger partial charge in [0.2, 0.25) is 0 Å². The first-order valence-electron chi connectivity index (χ1n) is 9.80. The van der Waals surface area contributed by atoms with Gasteiger partial charge in [0.1, 0.15) is 0 Å². The topological polar surface area (TPSA) is 69.7 Å². The molecule has 0 saturated carbocycles. The van der Waals surface area contributed by atoms with E-state index in [0.717, 1.165) is 31.6 Å². The standard InChI is InChI=1S/C20H35N3O3S/c1-5-22(6-2)14-10-13-21-20(24)23(18(3)4)15-16-27(25,26)17-19-11-8-7-9-12-19/h7-9,11-12,18H,5-6,10,13-17H2,1-4H3,(H,21,24). The van der Waals surface area contributed by atoms with Crippen molar-refractivity contribution in [3.8, 4) is 0 Å². The fourth-order valence-corrected chi connectivity index (χ4v) is 4.19. The lowest BCUT2D eigenvalue weighted by Gasteiger charge is -2.27. The Morgan fingerprint density at radius 3 is 2.26 bits per heavy atom. The van der Waals surface area contributed by atoms with Crippen molar-refractivity contribution in [1.29, 1.82) is 0 Å². The number of benzene rings is 1. The number of rotatable bonds is 12. The van der Waals surface area contributed by atoms with Crippen LogP contribution in [-0.4, -0.2) is 68.8 Å². The minimum Gasteiger partial charge on any atom is -0.338 e. The number of urea groups is 1. The van der Waals surface area contributed by atoms with Crippen molar-refractivity contribution in [1.82, 2.24) is 15.1 Å². The molecule has 0 radical (unpaired) electrons. The molecule has 6 nitrogen and oxygen atoms in total. The minimum atomic E-state index is -3.27. The molecule has 27 heavy (non-hydrogen) atoms. The van der Waals surface area contributed by atoms with E-state index >= 15 is 0 Å². The molecule has 7 heteroatoms. The number of sulfone groups is 1. The molecule has 0 saturated heterocycles. The third kappa shape index (κ3) is 9.24. The number of hydrogen-bond donors (Lipinski definition) is 1. The van der Waals surface area contributed by atoms with Gasteiger partial charge in [0.05, 0.1) is 11.5 Å². The van der Waals surface area contributed by atoms with Crippen LogP contribution < -0.4 is 5.32 Å². The Hall–Kier alpha value is -1.60. The van der Waals surface area contributed by atoms with Gasteiger partial charge in [0.25, 0.3) is 0 Å². The van der Waals surface area contributed by atoms with E-state index in [-0.39, 0.29) is 30.1 Å². The summed E-state index contributed by atoms with van der Waals surface area (Å²) in [6.07, 6.45) is 0.881. The molecule has 0 aliphatic rings. The molecular weight excluding hydrogens is 362 g/mol. The highest BCUT2D eigenvalue weighted by atomic mass is 32.2. The molecule has 0 aromatic heterocycles. The van der Waals surface area contributed by atoms with Crippen molar-refractivity contribution < 1.29 is 13.2 Å². The van der Waals surface area contributed by atoms with Crippen LogP contribution in [0.25, 0.3) is 0 Å². The number of nitrogens with zero attached hydrogens (tertiary/aromatic N) is 2. The van der Waals surface area contributed by atoms with Gasteiger partial charge in [0, 0.05) is 19.1 Å². The van der Waals surface area contributed by atoms with Gasteiger partial charge < -0.3 is 15.1 Å². The summed E-state index contributed by atoms with van der Waals surface area (Å²) >= 11 is 0. The molecule has 154 valence electrons. The van der Waals surface area contributed by atoms with Crippen LogP contribution in [-0.2, 0) is 15.6 Å². The van der Waals surface area contributed by atoms with Crippen LogP contribution in [0, 0.1) is 0 Å². The molecule has 1 aromatic carbocycles. The molecule has 0 spiro atoms. The Morgan fingerprint density at radius 1 is 1.07 bits per heavy atom. The smallest absolute Gasteiger partial charge is 0.317 e. The van der Waals surface area contributed by atoms with E-state index in [2.05, 4.69) is 24.1 Å². The van der Waals surface area contributed by atoms with Crippen molar-refractivity contribution in [3.05, 3.63) is 35.9 Å². The number of carbonyl (C=O) groups excluding carboxylic acids is 1. The number of hydrogen-bond acceptors (Lipinski definition) is 4. The molecule has 1 rings (SSSR count). The second kappa shape index (κ2) is 12.0. The minimum absolute atomic E-state index is 0.00522. The summed E-state index contributed by atoms with van der Waals surface area (Å²) in [4.78, 5) is 16.4. The lowest BCUT2D eigenvalue weighted by molar-refractivity contribution is 0.186. The molecule has 2 amide bonds. The Kier molecular flexibility index (Phi) is 10.4. The highest BCUT2D eigenvalue weighted by molar-refractivity contribution is 7.90. The zero-order valence-corrected chi connectivity index (χ0v) is 18.0. The second-order valence-electron chi connectivity index (χ2n) is 6.98. The Balaban J connectivity index is 2.49. The lowest BCUT2D eigenvalue weighted by atomic mass is 10.2. The van der Waals surface area contributed by atoms with Crippen LogP contribution in [0.5, 0.6) is 0 Å². The SMILES string of the molecule is CCN(CC)CCCNC(=O)N(CCS(=O)(=O)Cc1ccccc1)C(C)C. The summed E-state index contributed by atoms with van der Waals surface area (Å²) in [7, 11) is -3.27. The lowest BCUT2D eigenvalue weighted by Crippen LogP contribution is -2.46. The summed E-state index contributed by atoms with van der Waals surface area (Å²) in [5.41, 5.74) is 0.773. The first-order chi connectivity index (χ1) is 12.8. The van der Waals surface area contributed by atoms with Crippen molar-refractivity contribution in [3.63, 3.8) is 0 Å². The van der Waals surface area contributed by atoms with E-state index in [0.29, 0.717) is 6.54 Å². The summed E-state index contributed by atoms with van der Waals surface area (Å²) in [6, 6.07) is 8.88. The maximum absolute atomic E-state index is 12.5. The largest absolute Gasteiger partial charge is 0.338 e. The molecular formula is C20H35N3O3S. The van der Waals surface area contributed by atoms with Gasteiger partial charge in [0.15, 0.2) is 9.84 Å². The zero-order valence-electron chi connectivity index (χ0n) is 17.1. The predicted molar refractivity (Wildman–Crippen MR) is 112 cm³/mol. The average Bonchev–Trinajstić information content (AvgIpc) is 2.62. The molecule has 1 N–H and O–H groups in total.